The lowest BCUT2D eigenvalue weighted by Gasteiger charge is -2.32. The fourth-order valence-corrected chi connectivity index (χ4v) is 1.42. The molecule has 0 aliphatic heterocycles. The van der Waals surface area contributed by atoms with E-state index in [4.69, 9.17) is 15.6 Å². The molecular weight excluding hydrogens is 180 g/mol. The monoisotopic (exact) mass is 204 g/mol. The van der Waals surface area contributed by atoms with Crippen molar-refractivity contribution in [1.29, 1.82) is 0 Å². The van der Waals surface area contributed by atoms with Gasteiger partial charge in [-0.2, -0.15) is 0 Å². The van der Waals surface area contributed by atoms with Crippen molar-refractivity contribution in [3.63, 3.8) is 0 Å². The molecule has 0 saturated carbocycles. The van der Waals surface area contributed by atoms with Crippen molar-refractivity contribution in [2.45, 2.75) is 31.7 Å². The summed E-state index contributed by atoms with van der Waals surface area (Å²) in [5.41, 5.74) is 5.63. The first-order valence-electron chi connectivity index (χ1n) is 5.29. The molecule has 0 aromatic heterocycles. The highest BCUT2D eigenvalue weighted by Crippen LogP contribution is 2.08. The fourth-order valence-electron chi connectivity index (χ4n) is 1.42. The van der Waals surface area contributed by atoms with Crippen LogP contribution in [0.4, 0.5) is 0 Å². The minimum atomic E-state index is -0.0930. The summed E-state index contributed by atoms with van der Waals surface area (Å²) in [6, 6.07) is 0. The normalized spacial score (nSPS) is 15.4. The van der Waals surface area contributed by atoms with Crippen molar-refractivity contribution < 1.29 is 9.84 Å². The van der Waals surface area contributed by atoms with Crippen LogP contribution in [0.25, 0.3) is 0 Å². The Morgan fingerprint density at radius 2 is 2.14 bits per heavy atom. The average Bonchev–Trinajstić information content (AvgIpc) is 2.23. The predicted octanol–water partition coefficient (Wildman–Crippen LogP) is 0.102. The maximum Gasteiger partial charge on any atom is 0.0656 e. The molecule has 86 valence electrons. The summed E-state index contributed by atoms with van der Waals surface area (Å²) in [4.78, 5) is 0. The second kappa shape index (κ2) is 8.17. The molecule has 0 radical (unpaired) electrons. The van der Waals surface area contributed by atoms with Gasteiger partial charge in [0.05, 0.1) is 12.1 Å². The van der Waals surface area contributed by atoms with Crippen LogP contribution < -0.4 is 11.1 Å². The summed E-state index contributed by atoms with van der Waals surface area (Å²) in [6.45, 7) is 4.46. The van der Waals surface area contributed by atoms with Crippen LogP contribution in [-0.2, 0) is 4.74 Å². The first kappa shape index (κ1) is 13.8. The SMILES string of the molecule is CCC(CN)(COC)NCCCCO. The quantitative estimate of drug-likeness (QED) is 0.466. The van der Waals surface area contributed by atoms with Crippen LogP contribution in [0.15, 0.2) is 0 Å². The first-order valence-corrected chi connectivity index (χ1v) is 5.29. The van der Waals surface area contributed by atoms with Crippen LogP contribution in [0.5, 0.6) is 0 Å². The van der Waals surface area contributed by atoms with Gasteiger partial charge in [-0.05, 0) is 25.8 Å². The number of ether oxygens (including phenoxy) is 1. The van der Waals surface area contributed by atoms with Gasteiger partial charge in [0.1, 0.15) is 0 Å². The Kier molecular flexibility index (Phi) is 8.08. The number of aliphatic hydroxyl groups excluding tert-OH is 1. The lowest BCUT2D eigenvalue weighted by atomic mass is 9.97. The third kappa shape index (κ3) is 4.91. The third-order valence-electron chi connectivity index (χ3n) is 2.57. The Morgan fingerprint density at radius 3 is 2.57 bits per heavy atom. The summed E-state index contributed by atoms with van der Waals surface area (Å²) in [6.07, 6.45) is 2.77. The topological polar surface area (TPSA) is 67.5 Å². The van der Waals surface area contributed by atoms with E-state index in [0.717, 1.165) is 25.8 Å². The van der Waals surface area contributed by atoms with Gasteiger partial charge in [-0.25, -0.2) is 0 Å². The van der Waals surface area contributed by atoms with Gasteiger partial charge in [-0.1, -0.05) is 6.92 Å². The molecule has 0 saturated heterocycles. The van der Waals surface area contributed by atoms with E-state index in [0.29, 0.717) is 13.2 Å². The van der Waals surface area contributed by atoms with E-state index in [2.05, 4.69) is 12.2 Å². The number of methoxy groups -OCH3 is 1. The van der Waals surface area contributed by atoms with E-state index in [1.54, 1.807) is 7.11 Å². The van der Waals surface area contributed by atoms with Crippen LogP contribution >= 0.6 is 0 Å². The molecule has 0 fully saturated rings. The van der Waals surface area contributed by atoms with Gasteiger partial charge >= 0.3 is 0 Å². The standard InChI is InChI=1S/C10H24N2O2/c1-3-10(8-11,9-14-2)12-6-4-5-7-13/h12-13H,3-9,11H2,1-2H3. The highest BCUT2D eigenvalue weighted by Gasteiger charge is 2.25. The zero-order chi connectivity index (χ0) is 10.9. The third-order valence-corrected chi connectivity index (χ3v) is 2.57. The fraction of sp³-hybridized carbons (Fsp3) is 1.00. The van der Waals surface area contributed by atoms with E-state index in [-0.39, 0.29) is 12.1 Å². The Hall–Kier alpha value is -0.160. The Balaban J connectivity index is 3.82. The summed E-state index contributed by atoms with van der Waals surface area (Å²) in [7, 11) is 1.69. The Labute approximate surface area is 86.8 Å². The van der Waals surface area contributed by atoms with E-state index in [9.17, 15) is 0 Å². The van der Waals surface area contributed by atoms with Gasteiger partial charge in [-0.15, -0.1) is 0 Å². The summed E-state index contributed by atoms with van der Waals surface area (Å²) in [5, 5.41) is 12.0. The number of nitrogens with two attached hydrogens (primary N) is 1. The van der Waals surface area contributed by atoms with Gasteiger partial charge < -0.3 is 20.9 Å². The van der Waals surface area contributed by atoms with Crippen LogP contribution in [0, 0.1) is 0 Å². The molecule has 0 heterocycles. The zero-order valence-corrected chi connectivity index (χ0v) is 9.38. The van der Waals surface area contributed by atoms with Crippen molar-refractivity contribution in [2.75, 3.05) is 33.4 Å². The molecule has 0 rings (SSSR count). The smallest absolute Gasteiger partial charge is 0.0656 e. The van der Waals surface area contributed by atoms with Gasteiger partial charge in [0.2, 0.25) is 0 Å². The molecule has 1 unspecified atom stereocenters. The van der Waals surface area contributed by atoms with E-state index >= 15 is 0 Å². The molecule has 0 aromatic rings. The maximum atomic E-state index is 8.64. The molecule has 0 aliphatic rings. The van der Waals surface area contributed by atoms with Crippen molar-refractivity contribution in [3.05, 3.63) is 0 Å². The van der Waals surface area contributed by atoms with Crippen molar-refractivity contribution in [3.8, 4) is 0 Å². The van der Waals surface area contributed by atoms with Gasteiger partial charge in [0, 0.05) is 20.3 Å². The van der Waals surface area contributed by atoms with Crippen LogP contribution in [0.2, 0.25) is 0 Å². The Morgan fingerprint density at radius 1 is 1.43 bits per heavy atom. The van der Waals surface area contributed by atoms with E-state index in [1.165, 1.54) is 0 Å². The van der Waals surface area contributed by atoms with Gasteiger partial charge in [0.25, 0.3) is 0 Å². The molecule has 4 heteroatoms. The first-order chi connectivity index (χ1) is 6.74. The van der Waals surface area contributed by atoms with Gasteiger partial charge in [0.15, 0.2) is 0 Å². The van der Waals surface area contributed by atoms with Gasteiger partial charge in [-0.3, -0.25) is 0 Å². The molecule has 0 spiro atoms. The summed E-state index contributed by atoms with van der Waals surface area (Å²) in [5.74, 6) is 0. The number of hydrogen-bond donors (Lipinski definition) is 3. The molecule has 4 nitrogen and oxygen atoms in total. The second-order valence-corrected chi connectivity index (χ2v) is 3.63. The molecule has 0 bridgehead atoms. The predicted molar refractivity (Wildman–Crippen MR) is 58.3 cm³/mol. The summed E-state index contributed by atoms with van der Waals surface area (Å²) >= 11 is 0. The largest absolute Gasteiger partial charge is 0.396 e. The Bertz CT molecular complexity index is 127. The second-order valence-electron chi connectivity index (χ2n) is 3.63. The number of rotatable bonds is 9. The number of hydrogen-bond acceptors (Lipinski definition) is 4. The number of unbranched alkanes of at least 4 members (excludes halogenated alkanes) is 1. The molecule has 0 aliphatic carbocycles. The lowest BCUT2D eigenvalue weighted by Crippen LogP contribution is -2.54. The molecule has 0 aromatic carbocycles. The highest BCUT2D eigenvalue weighted by atomic mass is 16.5. The number of nitrogens with one attached hydrogen (secondary N) is 1. The molecule has 4 N–H and O–H groups in total. The van der Waals surface area contributed by atoms with E-state index in [1.807, 2.05) is 0 Å². The zero-order valence-electron chi connectivity index (χ0n) is 9.38. The van der Waals surface area contributed by atoms with Crippen LogP contribution in [-0.4, -0.2) is 44.1 Å². The summed E-state index contributed by atoms with van der Waals surface area (Å²) < 4.78 is 5.15. The highest BCUT2D eigenvalue weighted by molar-refractivity contribution is 4.87. The van der Waals surface area contributed by atoms with Crippen LogP contribution in [0.3, 0.4) is 0 Å². The van der Waals surface area contributed by atoms with Crippen molar-refractivity contribution in [1.82, 2.24) is 5.32 Å². The molecule has 14 heavy (non-hydrogen) atoms. The average molecular weight is 204 g/mol. The molecule has 0 amide bonds. The minimum Gasteiger partial charge on any atom is -0.396 e. The van der Waals surface area contributed by atoms with Crippen molar-refractivity contribution >= 4 is 0 Å². The minimum absolute atomic E-state index is 0.0930. The van der Waals surface area contributed by atoms with Crippen LogP contribution in [0.1, 0.15) is 26.2 Å². The lowest BCUT2D eigenvalue weighted by molar-refractivity contribution is 0.109. The maximum absolute atomic E-state index is 8.64. The molecule has 1 atom stereocenters. The number of aliphatic hydroxyl groups is 1. The van der Waals surface area contributed by atoms with Crippen molar-refractivity contribution in [2.24, 2.45) is 5.73 Å². The molecular formula is C10H24N2O2. The van der Waals surface area contributed by atoms with E-state index < -0.39 is 0 Å².